The van der Waals surface area contributed by atoms with Crippen LogP contribution in [0, 0.1) is 0 Å². The first-order valence-electron chi connectivity index (χ1n) is 7.67. The van der Waals surface area contributed by atoms with E-state index < -0.39 is 6.03 Å². The number of nitrogens with zero attached hydrogens (tertiary/aromatic N) is 3. The van der Waals surface area contributed by atoms with Gasteiger partial charge in [0.2, 0.25) is 11.8 Å². The minimum atomic E-state index is -0.582. The van der Waals surface area contributed by atoms with Gasteiger partial charge >= 0.3 is 6.03 Å². The van der Waals surface area contributed by atoms with Crippen LogP contribution < -0.4 is 20.7 Å². The average molecular weight is 329 g/mol. The molecular weight excluding hydrogens is 310 g/mol. The molecule has 0 radical (unpaired) electrons. The molecule has 1 aromatic carbocycles. The molecule has 1 saturated heterocycles. The number of amides is 2. The fourth-order valence-corrected chi connectivity index (χ4v) is 2.35. The van der Waals surface area contributed by atoms with E-state index in [1.807, 2.05) is 24.3 Å². The fourth-order valence-electron chi connectivity index (χ4n) is 2.35. The Hall–Kier alpha value is -2.87. The summed E-state index contributed by atoms with van der Waals surface area (Å²) < 4.78 is 11.2. The highest BCUT2D eigenvalue weighted by atomic mass is 16.5. The second kappa shape index (κ2) is 7.60. The molecule has 2 aromatic rings. The Morgan fingerprint density at radius 1 is 1.29 bits per heavy atom. The summed E-state index contributed by atoms with van der Waals surface area (Å²) in [7, 11) is 0. The summed E-state index contributed by atoms with van der Waals surface area (Å²) >= 11 is 0. The first-order valence-corrected chi connectivity index (χ1v) is 7.67. The fraction of sp³-hybridized carbons (Fsp3) is 0.312. The number of urea groups is 1. The van der Waals surface area contributed by atoms with Crippen molar-refractivity contribution in [2.24, 2.45) is 5.73 Å². The zero-order valence-corrected chi connectivity index (χ0v) is 13.1. The number of anilines is 1. The lowest BCUT2D eigenvalue weighted by Gasteiger charge is -2.26. The number of para-hydroxylation sites is 1. The van der Waals surface area contributed by atoms with E-state index in [0.717, 1.165) is 18.7 Å². The van der Waals surface area contributed by atoms with Gasteiger partial charge in [-0.2, -0.15) is 4.98 Å². The predicted octanol–water partition coefficient (Wildman–Crippen LogP) is 1.27. The molecule has 126 valence electrons. The summed E-state index contributed by atoms with van der Waals surface area (Å²) in [4.78, 5) is 21.7. The smallest absolute Gasteiger partial charge is 0.312 e. The van der Waals surface area contributed by atoms with Crippen LogP contribution in [0.2, 0.25) is 0 Å². The number of morpholine rings is 1. The quantitative estimate of drug-likeness (QED) is 0.856. The van der Waals surface area contributed by atoms with Gasteiger partial charge in [-0.15, -0.1) is 0 Å². The molecule has 8 nitrogen and oxygen atoms in total. The van der Waals surface area contributed by atoms with Crippen molar-refractivity contribution in [3.8, 4) is 11.6 Å². The predicted molar refractivity (Wildman–Crippen MR) is 88.0 cm³/mol. The van der Waals surface area contributed by atoms with Crippen LogP contribution >= 0.6 is 0 Å². The van der Waals surface area contributed by atoms with Gasteiger partial charge in [0.15, 0.2) is 0 Å². The highest BCUT2D eigenvalue weighted by Crippen LogP contribution is 2.25. The van der Waals surface area contributed by atoms with Crippen molar-refractivity contribution in [2.45, 2.75) is 6.54 Å². The second-order valence-electron chi connectivity index (χ2n) is 5.22. The standard InChI is InChI=1S/C16H19N5O3/c17-15(22)19-11-12-3-1-2-4-13(12)24-14-5-6-18-16(20-14)21-7-9-23-10-8-21/h1-6H,7-11H2,(H3,17,19,22). The number of hydrogen-bond donors (Lipinski definition) is 2. The third-order valence-corrected chi connectivity index (χ3v) is 3.55. The Morgan fingerprint density at radius 3 is 2.88 bits per heavy atom. The summed E-state index contributed by atoms with van der Waals surface area (Å²) in [6, 6.07) is 8.50. The summed E-state index contributed by atoms with van der Waals surface area (Å²) in [5.74, 6) is 1.67. The maximum Gasteiger partial charge on any atom is 0.312 e. The van der Waals surface area contributed by atoms with E-state index in [0.29, 0.717) is 30.8 Å². The van der Waals surface area contributed by atoms with Gasteiger partial charge in [0, 0.05) is 37.5 Å². The Labute approximate surface area is 139 Å². The molecular formula is C16H19N5O3. The number of aromatic nitrogens is 2. The Balaban J connectivity index is 1.75. The monoisotopic (exact) mass is 329 g/mol. The molecule has 0 aliphatic carbocycles. The van der Waals surface area contributed by atoms with Crippen LogP contribution in [0.25, 0.3) is 0 Å². The Kier molecular flexibility index (Phi) is 5.07. The van der Waals surface area contributed by atoms with Gasteiger partial charge in [0.1, 0.15) is 5.75 Å². The molecule has 0 unspecified atom stereocenters. The van der Waals surface area contributed by atoms with Crippen molar-refractivity contribution >= 4 is 12.0 Å². The van der Waals surface area contributed by atoms with E-state index >= 15 is 0 Å². The molecule has 1 fully saturated rings. The molecule has 1 aliphatic rings. The highest BCUT2D eigenvalue weighted by Gasteiger charge is 2.15. The Bertz CT molecular complexity index is 704. The van der Waals surface area contributed by atoms with E-state index in [1.165, 1.54) is 0 Å². The number of benzene rings is 1. The molecule has 0 atom stereocenters. The molecule has 2 amide bonds. The van der Waals surface area contributed by atoms with Gasteiger partial charge < -0.3 is 25.4 Å². The van der Waals surface area contributed by atoms with E-state index in [4.69, 9.17) is 15.2 Å². The lowest BCUT2D eigenvalue weighted by atomic mass is 10.2. The van der Waals surface area contributed by atoms with Gasteiger partial charge in [-0.05, 0) is 6.07 Å². The molecule has 0 spiro atoms. The normalized spacial score (nSPS) is 14.2. The SMILES string of the molecule is NC(=O)NCc1ccccc1Oc1ccnc(N2CCOCC2)n1. The number of nitrogens with two attached hydrogens (primary N) is 1. The van der Waals surface area contributed by atoms with Crippen LogP contribution in [-0.4, -0.2) is 42.3 Å². The zero-order chi connectivity index (χ0) is 16.8. The van der Waals surface area contributed by atoms with Gasteiger partial charge in [-0.3, -0.25) is 0 Å². The lowest BCUT2D eigenvalue weighted by molar-refractivity contribution is 0.122. The van der Waals surface area contributed by atoms with Gasteiger partial charge in [-0.1, -0.05) is 18.2 Å². The number of nitrogens with one attached hydrogen (secondary N) is 1. The minimum absolute atomic E-state index is 0.285. The van der Waals surface area contributed by atoms with Crippen LogP contribution in [0.1, 0.15) is 5.56 Å². The largest absolute Gasteiger partial charge is 0.439 e. The van der Waals surface area contributed by atoms with Gasteiger partial charge in [0.05, 0.1) is 13.2 Å². The average Bonchev–Trinajstić information content (AvgIpc) is 2.62. The number of ether oxygens (including phenoxy) is 2. The molecule has 1 aromatic heterocycles. The molecule has 2 heterocycles. The number of rotatable bonds is 5. The van der Waals surface area contributed by atoms with Crippen molar-refractivity contribution < 1.29 is 14.3 Å². The third kappa shape index (κ3) is 4.11. The first-order chi connectivity index (χ1) is 11.7. The molecule has 1 aliphatic heterocycles. The van der Waals surface area contributed by atoms with Crippen LogP contribution in [0.4, 0.5) is 10.7 Å². The number of hydrogen-bond acceptors (Lipinski definition) is 6. The van der Waals surface area contributed by atoms with E-state index in [-0.39, 0.29) is 6.54 Å². The van der Waals surface area contributed by atoms with E-state index in [2.05, 4.69) is 20.2 Å². The van der Waals surface area contributed by atoms with Crippen molar-refractivity contribution in [1.29, 1.82) is 0 Å². The number of carbonyl (C=O) groups excluding carboxylic acids is 1. The molecule has 8 heteroatoms. The molecule has 24 heavy (non-hydrogen) atoms. The van der Waals surface area contributed by atoms with Gasteiger partial charge in [0.25, 0.3) is 0 Å². The van der Waals surface area contributed by atoms with E-state index in [1.54, 1.807) is 12.3 Å². The third-order valence-electron chi connectivity index (χ3n) is 3.55. The topological polar surface area (TPSA) is 103 Å². The zero-order valence-electron chi connectivity index (χ0n) is 13.1. The summed E-state index contributed by atoms with van der Waals surface area (Å²) in [5.41, 5.74) is 5.93. The van der Waals surface area contributed by atoms with Crippen LogP contribution in [0.15, 0.2) is 36.5 Å². The van der Waals surface area contributed by atoms with Gasteiger partial charge in [-0.25, -0.2) is 9.78 Å². The van der Waals surface area contributed by atoms with Crippen molar-refractivity contribution in [3.63, 3.8) is 0 Å². The molecule has 3 N–H and O–H groups in total. The van der Waals surface area contributed by atoms with Crippen molar-refractivity contribution in [2.75, 3.05) is 31.2 Å². The van der Waals surface area contributed by atoms with Crippen LogP contribution in [-0.2, 0) is 11.3 Å². The van der Waals surface area contributed by atoms with Crippen molar-refractivity contribution in [3.05, 3.63) is 42.1 Å². The highest BCUT2D eigenvalue weighted by molar-refractivity contribution is 5.71. The maximum absolute atomic E-state index is 10.9. The minimum Gasteiger partial charge on any atom is -0.439 e. The van der Waals surface area contributed by atoms with Crippen LogP contribution in [0.3, 0.4) is 0 Å². The molecule has 0 bridgehead atoms. The van der Waals surface area contributed by atoms with Crippen LogP contribution in [0.5, 0.6) is 11.6 Å². The molecule has 0 saturated carbocycles. The maximum atomic E-state index is 10.9. The summed E-state index contributed by atoms with van der Waals surface area (Å²) in [6.07, 6.45) is 1.66. The van der Waals surface area contributed by atoms with Crippen molar-refractivity contribution in [1.82, 2.24) is 15.3 Å². The summed E-state index contributed by atoms with van der Waals surface area (Å²) in [6.45, 7) is 3.12. The van der Waals surface area contributed by atoms with E-state index in [9.17, 15) is 4.79 Å². The molecule has 3 rings (SSSR count). The number of primary amides is 1. The first kappa shape index (κ1) is 16.0. The lowest BCUT2D eigenvalue weighted by Crippen LogP contribution is -2.37. The second-order valence-corrected chi connectivity index (χ2v) is 5.22. The Morgan fingerprint density at radius 2 is 2.08 bits per heavy atom. The number of carbonyl (C=O) groups is 1. The summed E-state index contributed by atoms with van der Waals surface area (Å²) in [5, 5.41) is 2.56.